The van der Waals surface area contributed by atoms with E-state index in [9.17, 15) is 0 Å². The number of hydrogen-bond donors (Lipinski definition) is 1. The van der Waals surface area contributed by atoms with E-state index in [1.54, 1.807) is 30.5 Å². The molecular formula is C10H9N5. The summed E-state index contributed by atoms with van der Waals surface area (Å²) in [6, 6.07) is 7.19. The second-order valence-electron chi connectivity index (χ2n) is 2.76. The summed E-state index contributed by atoms with van der Waals surface area (Å²) in [4.78, 5) is 7.87. The van der Waals surface area contributed by atoms with E-state index in [2.05, 4.69) is 9.98 Å². The van der Waals surface area contributed by atoms with Crippen LogP contribution in [0.1, 0.15) is 5.69 Å². The van der Waals surface area contributed by atoms with Crippen LogP contribution in [0.2, 0.25) is 0 Å². The molecular weight excluding hydrogens is 190 g/mol. The van der Waals surface area contributed by atoms with Crippen molar-refractivity contribution in [3.05, 3.63) is 30.1 Å². The molecule has 1 rings (SSSR count). The van der Waals surface area contributed by atoms with Crippen molar-refractivity contribution in [3.8, 4) is 12.1 Å². The maximum Gasteiger partial charge on any atom is 0.164 e. The first-order valence-corrected chi connectivity index (χ1v) is 4.27. The number of hydrogen-bond acceptors (Lipinski definition) is 5. The van der Waals surface area contributed by atoms with Gasteiger partial charge in [0, 0.05) is 12.4 Å². The first kappa shape index (κ1) is 10.8. The van der Waals surface area contributed by atoms with Crippen LogP contribution in [0.15, 0.2) is 29.4 Å². The fraction of sp³-hybridized carbons (Fsp3) is 0.200. The Labute approximate surface area is 87.5 Å². The average molecular weight is 199 g/mol. The Bertz CT molecular complexity index is 412. The highest BCUT2D eigenvalue weighted by atomic mass is 14.9. The van der Waals surface area contributed by atoms with Gasteiger partial charge in [0.2, 0.25) is 0 Å². The molecule has 15 heavy (non-hydrogen) atoms. The summed E-state index contributed by atoms with van der Waals surface area (Å²) < 4.78 is 0. The molecule has 2 N–H and O–H groups in total. The lowest BCUT2D eigenvalue weighted by atomic mass is 10.2. The molecule has 2 atom stereocenters. The van der Waals surface area contributed by atoms with Gasteiger partial charge < -0.3 is 5.73 Å². The highest BCUT2D eigenvalue weighted by molar-refractivity contribution is 5.77. The third kappa shape index (κ3) is 3.18. The molecule has 0 aliphatic carbocycles. The summed E-state index contributed by atoms with van der Waals surface area (Å²) in [5, 5.41) is 17.2. The van der Waals surface area contributed by atoms with Crippen molar-refractivity contribution in [2.24, 2.45) is 10.7 Å². The number of nitrogens with zero attached hydrogens (tertiary/aromatic N) is 4. The number of aromatic nitrogens is 1. The summed E-state index contributed by atoms with van der Waals surface area (Å²) >= 11 is 0. The second kappa shape index (κ2) is 5.48. The molecule has 0 radical (unpaired) electrons. The normalized spacial score (nSPS) is 14.1. The molecule has 1 aromatic rings. The van der Waals surface area contributed by atoms with Crippen LogP contribution in [-0.2, 0) is 0 Å². The zero-order chi connectivity index (χ0) is 11.1. The minimum atomic E-state index is -0.907. The van der Waals surface area contributed by atoms with Gasteiger partial charge in [-0.15, -0.1) is 0 Å². The van der Waals surface area contributed by atoms with Crippen LogP contribution < -0.4 is 5.73 Å². The van der Waals surface area contributed by atoms with Gasteiger partial charge in [0.25, 0.3) is 0 Å². The van der Waals surface area contributed by atoms with Crippen LogP contribution in [0.3, 0.4) is 0 Å². The Kier molecular flexibility index (Phi) is 3.96. The van der Waals surface area contributed by atoms with Crippen molar-refractivity contribution in [3.63, 3.8) is 0 Å². The number of rotatable bonds is 3. The Morgan fingerprint density at radius 1 is 1.40 bits per heavy atom. The van der Waals surface area contributed by atoms with E-state index in [4.69, 9.17) is 16.3 Å². The van der Waals surface area contributed by atoms with E-state index >= 15 is 0 Å². The minimum Gasteiger partial charge on any atom is -0.313 e. The number of aliphatic imine (C=N–C) groups is 1. The molecule has 0 amide bonds. The van der Waals surface area contributed by atoms with Crippen molar-refractivity contribution < 1.29 is 0 Å². The maximum absolute atomic E-state index is 8.69. The molecule has 0 aromatic carbocycles. The number of nitriles is 2. The maximum atomic E-state index is 8.69. The lowest BCUT2D eigenvalue weighted by Crippen LogP contribution is -2.30. The number of nitrogens with two attached hydrogens (primary N) is 1. The zero-order valence-corrected chi connectivity index (χ0v) is 7.91. The fourth-order valence-electron chi connectivity index (χ4n) is 0.886. The zero-order valence-electron chi connectivity index (χ0n) is 7.91. The Morgan fingerprint density at radius 2 is 2.20 bits per heavy atom. The molecule has 0 aliphatic heterocycles. The predicted octanol–water partition coefficient (Wildman–Crippen LogP) is 0.244. The van der Waals surface area contributed by atoms with E-state index < -0.39 is 12.1 Å². The summed E-state index contributed by atoms with van der Waals surface area (Å²) in [5.41, 5.74) is 6.00. The highest BCUT2D eigenvalue weighted by Crippen LogP contribution is 1.96. The lowest BCUT2D eigenvalue weighted by molar-refractivity contribution is 0.732. The Hall–Kier alpha value is -2.24. The SMILES string of the molecule is N#CC(N)C(C#N)N=Cc1ccccn1. The molecule has 0 fully saturated rings. The van der Waals surface area contributed by atoms with Gasteiger partial charge in [0.1, 0.15) is 6.04 Å². The Morgan fingerprint density at radius 3 is 2.73 bits per heavy atom. The van der Waals surface area contributed by atoms with Crippen molar-refractivity contribution in [2.75, 3.05) is 0 Å². The largest absolute Gasteiger partial charge is 0.313 e. The van der Waals surface area contributed by atoms with Crippen LogP contribution in [0.4, 0.5) is 0 Å². The summed E-state index contributed by atoms with van der Waals surface area (Å²) in [6.45, 7) is 0. The van der Waals surface area contributed by atoms with Gasteiger partial charge in [-0.25, -0.2) is 0 Å². The summed E-state index contributed by atoms with van der Waals surface area (Å²) in [7, 11) is 0. The topological polar surface area (TPSA) is 98.8 Å². The Balaban J connectivity index is 2.73. The third-order valence-electron chi connectivity index (χ3n) is 1.68. The predicted molar refractivity (Wildman–Crippen MR) is 54.8 cm³/mol. The van der Waals surface area contributed by atoms with Crippen LogP contribution in [0, 0.1) is 22.7 Å². The van der Waals surface area contributed by atoms with E-state index in [1.807, 2.05) is 6.07 Å². The average Bonchev–Trinajstić information content (AvgIpc) is 2.31. The molecule has 1 aromatic heterocycles. The first-order chi connectivity index (χ1) is 7.27. The second-order valence-corrected chi connectivity index (χ2v) is 2.76. The molecule has 0 saturated heterocycles. The molecule has 5 nitrogen and oxygen atoms in total. The smallest absolute Gasteiger partial charge is 0.164 e. The van der Waals surface area contributed by atoms with Gasteiger partial charge in [0.15, 0.2) is 6.04 Å². The summed E-state index contributed by atoms with van der Waals surface area (Å²) in [5.74, 6) is 0. The van der Waals surface area contributed by atoms with E-state index in [-0.39, 0.29) is 0 Å². The van der Waals surface area contributed by atoms with Crippen molar-refractivity contribution in [1.82, 2.24) is 4.98 Å². The van der Waals surface area contributed by atoms with E-state index in [0.29, 0.717) is 5.69 Å². The molecule has 0 saturated carbocycles. The van der Waals surface area contributed by atoms with Crippen molar-refractivity contribution in [1.29, 1.82) is 10.5 Å². The molecule has 0 aliphatic rings. The van der Waals surface area contributed by atoms with Crippen molar-refractivity contribution in [2.45, 2.75) is 12.1 Å². The monoisotopic (exact) mass is 199 g/mol. The highest BCUT2D eigenvalue weighted by Gasteiger charge is 2.13. The summed E-state index contributed by atoms with van der Waals surface area (Å²) in [6.07, 6.45) is 3.05. The molecule has 74 valence electrons. The molecule has 5 heteroatoms. The van der Waals surface area contributed by atoms with Gasteiger partial charge >= 0.3 is 0 Å². The van der Waals surface area contributed by atoms with Gasteiger partial charge in [-0.05, 0) is 12.1 Å². The van der Waals surface area contributed by atoms with Crippen LogP contribution in [0.5, 0.6) is 0 Å². The fourth-order valence-corrected chi connectivity index (χ4v) is 0.886. The third-order valence-corrected chi connectivity index (χ3v) is 1.68. The van der Waals surface area contributed by atoms with Crippen LogP contribution in [0.25, 0.3) is 0 Å². The molecule has 1 heterocycles. The number of pyridine rings is 1. The van der Waals surface area contributed by atoms with Crippen LogP contribution >= 0.6 is 0 Å². The van der Waals surface area contributed by atoms with Gasteiger partial charge in [0.05, 0.1) is 17.8 Å². The van der Waals surface area contributed by atoms with Crippen LogP contribution in [-0.4, -0.2) is 23.3 Å². The molecule has 0 bridgehead atoms. The van der Waals surface area contributed by atoms with Gasteiger partial charge in [-0.2, -0.15) is 10.5 Å². The van der Waals surface area contributed by atoms with Gasteiger partial charge in [-0.1, -0.05) is 6.07 Å². The van der Waals surface area contributed by atoms with Crippen molar-refractivity contribution >= 4 is 6.21 Å². The molecule has 2 unspecified atom stereocenters. The lowest BCUT2D eigenvalue weighted by Gasteiger charge is -2.03. The standard InChI is InChI=1S/C10H9N5/c11-5-9(13)10(6-12)15-7-8-3-1-2-4-14-8/h1-4,7,9-10H,13H2. The van der Waals surface area contributed by atoms with E-state index in [0.717, 1.165) is 0 Å². The minimum absolute atomic E-state index is 0.628. The molecule has 0 spiro atoms. The quantitative estimate of drug-likeness (QED) is 0.705. The van der Waals surface area contributed by atoms with Gasteiger partial charge in [-0.3, -0.25) is 9.98 Å². The first-order valence-electron chi connectivity index (χ1n) is 4.27. The van der Waals surface area contributed by atoms with E-state index in [1.165, 1.54) is 6.21 Å².